The van der Waals surface area contributed by atoms with E-state index in [9.17, 15) is 4.79 Å². The molecule has 3 heterocycles. The molecule has 4 rings (SSSR count). The van der Waals surface area contributed by atoms with E-state index in [1.165, 1.54) is 0 Å². The number of carbonyl (C=O) groups is 1. The third-order valence-electron chi connectivity index (χ3n) is 4.56. The molecule has 1 saturated heterocycles. The lowest BCUT2D eigenvalue weighted by Crippen LogP contribution is -2.38. The van der Waals surface area contributed by atoms with E-state index in [0.717, 1.165) is 29.4 Å². The second kappa shape index (κ2) is 5.87. The van der Waals surface area contributed by atoms with Crippen LogP contribution in [0, 0.1) is 0 Å². The highest BCUT2D eigenvalue weighted by molar-refractivity contribution is 6.31. The molecule has 1 aliphatic heterocycles. The molecular formula is C17H17ClN4O2. The second-order valence-electron chi connectivity index (χ2n) is 6.14. The molecule has 6 nitrogen and oxygen atoms in total. The van der Waals surface area contributed by atoms with Crippen molar-refractivity contribution in [1.29, 1.82) is 0 Å². The largest absolute Gasteiger partial charge is 0.368 e. The second-order valence-corrected chi connectivity index (χ2v) is 6.57. The first-order chi connectivity index (χ1) is 11.6. The molecule has 2 aromatic heterocycles. The van der Waals surface area contributed by atoms with Crippen molar-refractivity contribution in [2.24, 2.45) is 0 Å². The number of piperidine rings is 1. The molecule has 0 radical (unpaired) electrons. The van der Waals surface area contributed by atoms with Gasteiger partial charge in [0.2, 0.25) is 5.88 Å². The molecule has 0 unspecified atom stereocenters. The lowest BCUT2D eigenvalue weighted by molar-refractivity contribution is 0.0706. The van der Waals surface area contributed by atoms with E-state index in [0.29, 0.717) is 29.7 Å². The number of nitrogens with two attached hydrogens (primary N) is 1. The van der Waals surface area contributed by atoms with E-state index in [1.54, 1.807) is 6.07 Å². The van der Waals surface area contributed by atoms with Crippen LogP contribution in [0.1, 0.15) is 34.9 Å². The molecule has 1 aromatic carbocycles. The zero-order chi connectivity index (χ0) is 16.7. The van der Waals surface area contributed by atoms with Gasteiger partial charge in [-0.15, -0.1) is 0 Å². The quantitative estimate of drug-likeness (QED) is 0.745. The number of rotatable bonds is 2. The number of hydrogen-bond donors (Lipinski definition) is 2. The van der Waals surface area contributed by atoms with Crippen LogP contribution in [0.25, 0.3) is 10.9 Å². The van der Waals surface area contributed by atoms with Gasteiger partial charge in [0.1, 0.15) is 5.69 Å². The van der Waals surface area contributed by atoms with Gasteiger partial charge in [-0.2, -0.15) is 0 Å². The van der Waals surface area contributed by atoms with Crippen molar-refractivity contribution in [3.63, 3.8) is 0 Å². The van der Waals surface area contributed by atoms with Gasteiger partial charge in [0, 0.05) is 41.0 Å². The molecule has 124 valence electrons. The van der Waals surface area contributed by atoms with Crippen LogP contribution in [-0.2, 0) is 0 Å². The maximum atomic E-state index is 12.7. The summed E-state index contributed by atoms with van der Waals surface area (Å²) in [7, 11) is 0. The molecule has 3 N–H and O–H groups in total. The molecular weight excluding hydrogens is 328 g/mol. The Kier molecular flexibility index (Phi) is 3.69. The first-order valence-electron chi connectivity index (χ1n) is 7.90. The Bertz CT molecular complexity index is 893. The summed E-state index contributed by atoms with van der Waals surface area (Å²) in [6.07, 6.45) is 1.70. The Morgan fingerprint density at radius 3 is 2.79 bits per heavy atom. The highest BCUT2D eigenvalue weighted by Crippen LogP contribution is 2.29. The number of halogens is 1. The number of nitrogen functional groups attached to an aromatic ring is 1. The summed E-state index contributed by atoms with van der Waals surface area (Å²) in [6, 6.07) is 9.20. The van der Waals surface area contributed by atoms with Gasteiger partial charge in [-0.25, -0.2) is 0 Å². The van der Waals surface area contributed by atoms with Crippen LogP contribution in [-0.4, -0.2) is 34.0 Å². The summed E-state index contributed by atoms with van der Waals surface area (Å²) < 4.78 is 4.94. The smallest absolute Gasteiger partial charge is 0.270 e. The molecule has 1 amide bonds. The molecule has 1 fully saturated rings. The fraction of sp³-hybridized carbons (Fsp3) is 0.294. The molecule has 7 heteroatoms. The van der Waals surface area contributed by atoms with Gasteiger partial charge in [0.15, 0.2) is 0 Å². The number of nitrogens with one attached hydrogen (secondary N) is 1. The first kappa shape index (κ1) is 15.1. The van der Waals surface area contributed by atoms with Crippen LogP contribution in [0.3, 0.4) is 0 Å². The SMILES string of the molecule is Nc1cc(C2CCN(C(=O)c3cc4ccc(Cl)cc4[nH]3)CC2)no1. The monoisotopic (exact) mass is 344 g/mol. The zero-order valence-corrected chi connectivity index (χ0v) is 13.7. The summed E-state index contributed by atoms with van der Waals surface area (Å²) >= 11 is 5.99. The van der Waals surface area contributed by atoms with E-state index in [2.05, 4.69) is 10.1 Å². The van der Waals surface area contributed by atoms with E-state index in [1.807, 2.05) is 29.2 Å². The minimum Gasteiger partial charge on any atom is -0.368 e. The molecule has 1 aliphatic rings. The Balaban J connectivity index is 1.47. The van der Waals surface area contributed by atoms with Crippen molar-refractivity contribution in [2.45, 2.75) is 18.8 Å². The number of carbonyl (C=O) groups excluding carboxylic acids is 1. The average molecular weight is 345 g/mol. The first-order valence-corrected chi connectivity index (χ1v) is 8.27. The van der Waals surface area contributed by atoms with Crippen molar-refractivity contribution in [3.8, 4) is 0 Å². The van der Waals surface area contributed by atoms with Crippen molar-refractivity contribution < 1.29 is 9.32 Å². The number of anilines is 1. The third-order valence-corrected chi connectivity index (χ3v) is 4.80. The van der Waals surface area contributed by atoms with Gasteiger partial charge in [0.25, 0.3) is 5.91 Å². The molecule has 0 saturated carbocycles. The van der Waals surface area contributed by atoms with Crippen LogP contribution in [0.4, 0.5) is 5.88 Å². The summed E-state index contributed by atoms with van der Waals surface area (Å²) in [5.41, 5.74) is 7.92. The van der Waals surface area contributed by atoms with E-state index >= 15 is 0 Å². The predicted molar refractivity (Wildman–Crippen MR) is 92.1 cm³/mol. The number of aromatic nitrogens is 2. The summed E-state index contributed by atoms with van der Waals surface area (Å²) in [4.78, 5) is 17.7. The highest BCUT2D eigenvalue weighted by atomic mass is 35.5. The van der Waals surface area contributed by atoms with Crippen molar-refractivity contribution in [2.75, 3.05) is 18.8 Å². The summed E-state index contributed by atoms with van der Waals surface area (Å²) in [5, 5.41) is 5.61. The fourth-order valence-electron chi connectivity index (χ4n) is 3.26. The number of aromatic amines is 1. The summed E-state index contributed by atoms with van der Waals surface area (Å²) in [6.45, 7) is 1.37. The maximum Gasteiger partial charge on any atom is 0.270 e. The molecule has 0 aliphatic carbocycles. The number of likely N-dealkylation sites (tertiary alicyclic amines) is 1. The van der Waals surface area contributed by atoms with Crippen LogP contribution in [0.15, 0.2) is 34.9 Å². The zero-order valence-electron chi connectivity index (χ0n) is 13.0. The topological polar surface area (TPSA) is 88.1 Å². The normalized spacial score (nSPS) is 16.0. The Hall–Kier alpha value is -2.47. The third kappa shape index (κ3) is 2.73. The molecule has 3 aromatic rings. The Morgan fingerprint density at radius 2 is 2.08 bits per heavy atom. The number of fused-ring (bicyclic) bond motifs is 1. The molecule has 24 heavy (non-hydrogen) atoms. The van der Waals surface area contributed by atoms with Crippen molar-refractivity contribution >= 4 is 34.3 Å². The minimum atomic E-state index is 0.0143. The highest BCUT2D eigenvalue weighted by Gasteiger charge is 2.27. The van der Waals surface area contributed by atoms with E-state index in [-0.39, 0.29) is 11.8 Å². The van der Waals surface area contributed by atoms with Crippen LogP contribution in [0.2, 0.25) is 5.02 Å². The number of hydrogen-bond acceptors (Lipinski definition) is 4. The molecule has 0 atom stereocenters. The number of H-pyrrole nitrogens is 1. The minimum absolute atomic E-state index is 0.0143. The average Bonchev–Trinajstić information content (AvgIpc) is 3.20. The lowest BCUT2D eigenvalue weighted by Gasteiger charge is -2.30. The number of benzene rings is 1. The predicted octanol–water partition coefficient (Wildman–Crippen LogP) is 3.41. The van der Waals surface area contributed by atoms with Crippen molar-refractivity contribution in [3.05, 3.63) is 46.7 Å². The molecule has 0 spiro atoms. The number of nitrogens with zero attached hydrogens (tertiary/aromatic N) is 2. The maximum absolute atomic E-state index is 12.7. The van der Waals surface area contributed by atoms with Gasteiger partial charge < -0.3 is 20.1 Å². The lowest BCUT2D eigenvalue weighted by atomic mass is 9.93. The fourth-order valence-corrected chi connectivity index (χ4v) is 3.43. The van der Waals surface area contributed by atoms with Crippen LogP contribution >= 0.6 is 11.6 Å². The van der Waals surface area contributed by atoms with Gasteiger partial charge in [-0.3, -0.25) is 4.79 Å². The summed E-state index contributed by atoms with van der Waals surface area (Å²) in [5.74, 6) is 0.636. The van der Waals surface area contributed by atoms with E-state index in [4.69, 9.17) is 21.9 Å². The van der Waals surface area contributed by atoms with Gasteiger partial charge in [0.05, 0.1) is 5.69 Å². The Morgan fingerprint density at radius 1 is 1.29 bits per heavy atom. The van der Waals surface area contributed by atoms with Crippen LogP contribution in [0.5, 0.6) is 0 Å². The van der Waals surface area contributed by atoms with Gasteiger partial charge in [-0.1, -0.05) is 22.8 Å². The molecule has 0 bridgehead atoms. The Labute approximate surface area is 143 Å². The van der Waals surface area contributed by atoms with Crippen molar-refractivity contribution in [1.82, 2.24) is 15.0 Å². The van der Waals surface area contributed by atoms with Crippen LogP contribution < -0.4 is 5.73 Å². The van der Waals surface area contributed by atoms with E-state index < -0.39 is 0 Å². The number of amides is 1. The van der Waals surface area contributed by atoms with Gasteiger partial charge >= 0.3 is 0 Å². The standard InChI is InChI=1S/C17H17ClN4O2/c18-12-2-1-11-7-15(20-13(11)8-12)17(23)22-5-3-10(4-6-22)14-9-16(19)24-21-14/h1-2,7-10,20H,3-6,19H2. The van der Waals surface area contributed by atoms with Gasteiger partial charge in [-0.05, 0) is 31.0 Å².